The minimum Gasteiger partial charge on any atom is -0.454 e. The molecule has 0 radical (unpaired) electrons. The Hall–Kier alpha value is -7.56. The van der Waals surface area contributed by atoms with Crippen molar-refractivity contribution in [3.05, 3.63) is 192 Å². The van der Waals surface area contributed by atoms with Crippen molar-refractivity contribution in [3.8, 4) is 0 Å². The second-order valence-electron chi connectivity index (χ2n) is 24.5. The first-order valence-corrected chi connectivity index (χ1v) is 28.4. The van der Waals surface area contributed by atoms with Crippen LogP contribution < -0.4 is 9.80 Å². The van der Waals surface area contributed by atoms with Gasteiger partial charge in [-0.05, 0) is 130 Å². The predicted molar refractivity (Wildman–Crippen MR) is 323 cm³/mol. The average Bonchev–Trinajstić information content (AvgIpc) is 4.10. The second-order valence-corrected chi connectivity index (χ2v) is 24.5. The van der Waals surface area contributed by atoms with Crippen LogP contribution >= 0.6 is 0 Å². The first-order valence-electron chi connectivity index (χ1n) is 28.4. The molecule has 0 spiro atoms. The molecule has 0 bridgehead atoms. The van der Waals surface area contributed by atoms with Crippen LogP contribution in [-0.2, 0) is 10.8 Å². The highest BCUT2D eigenvalue weighted by molar-refractivity contribution is 6.29. The summed E-state index contributed by atoms with van der Waals surface area (Å²) in [6.45, 7) is 13.7. The van der Waals surface area contributed by atoms with E-state index in [1.54, 1.807) is 0 Å². The number of hydrogen-bond donors (Lipinski definition) is 0. The van der Waals surface area contributed by atoms with E-state index in [9.17, 15) is 0 Å². The van der Waals surface area contributed by atoms with Crippen LogP contribution in [0.1, 0.15) is 140 Å². The molecule has 0 aliphatic heterocycles. The molecule has 2 aliphatic carbocycles. The summed E-state index contributed by atoms with van der Waals surface area (Å²) in [7, 11) is 0. The largest absolute Gasteiger partial charge is 0.454 e. The van der Waals surface area contributed by atoms with Crippen molar-refractivity contribution >= 4 is 110 Å². The van der Waals surface area contributed by atoms with Gasteiger partial charge in [0.05, 0.1) is 22.7 Å². The molecule has 0 saturated heterocycles. The SMILES string of the molecule is CC(C)(C)c1cccc2c1oc1c(N(c3ccc(C4CCCCC4)cc3)c3ccc4ccc5c(N(c6ccc(C7CCCCC7)cc6)c6cccc7c6oc6c(C(C)(C)C)cccc67)ccc6ccc3c4c65)cccc12. The Labute approximate surface area is 447 Å². The molecule has 12 aromatic rings. The van der Waals surface area contributed by atoms with E-state index in [2.05, 4.69) is 221 Å². The van der Waals surface area contributed by atoms with E-state index in [0.29, 0.717) is 11.8 Å². The fourth-order valence-corrected chi connectivity index (χ4v) is 13.8. The molecule has 0 amide bonds. The zero-order chi connectivity index (χ0) is 51.5. The molecule has 2 heterocycles. The summed E-state index contributed by atoms with van der Waals surface area (Å²) in [6, 6.07) is 64.5. The molecule has 2 aliphatic rings. The van der Waals surface area contributed by atoms with Crippen LogP contribution in [0, 0.1) is 0 Å². The number of nitrogens with zero attached hydrogens (tertiary/aromatic N) is 2. The lowest BCUT2D eigenvalue weighted by Gasteiger charge is -2.30. The van der Waals surface area contributed by atoms with Gasteiger partial charge in [-0.25, -0.2) is 0 Å². The molecule has 76 heavy (non-hydrogen) atoms. The standard InChI is InChI=1S/C72H68N2O2/c1-71(2,3)59-25-13-21-53-55-23-15-27-63(69(55)75-67(53)59)73(51-37-29-47(30-38-51)45-17-9-7-10-18-45)61-43-35-49-34-42-58-62(44-36-50-33-41-57(61)65(49)66(50)58)74(52-39-31-48(32-40-52)46-19-11-8-12-20-46)64-28-16-24-56-54-22-14-26-60(72(4,5)6)68(54)76-70(56)64/h13-16,21-46H,7-12,17-20H2,1-6H3. The highest BCUT2D eigenvalue weighted by Gasteiger charge is 2.29. The Bertz CT molecular complexity index is 3880. The van der Waals surface area contributed by atoms with Crippen LogP contribution in [0.5, 0.6) is 0 Å². The third kappa shape index (κ3) is 7.68. The van der Waals surface area contributed by atoms with Crippen molar-refractivity contribution in [2.24, 2.45) is 0 Å². The molecule has 4 heteroatoms. The van der Waals surface area contributed by atoms with Crippen LogP contribution in [0.25, 0.3) is 76.2 Å². The van der Waals surface area contributed by atoms with Gasteiger partial charge in [-0.1, -0.05) is 201 Å². The van der Waals surface area contributed by atoms with Crippen molar-refractivity contribution in [1.82, 2.24) is 0 Å². The summed E-state index contributed by atoms with van der Waals surface area (Å²) in [5.41, 5.74) is 15.4. The Morgan fingerprint density at radius 2 is 0.684 bits per heavy atom. The van der Waals surface area contributed by atoms with E-state index >= 15 is 0 Å². The fourth-order valence-electron chi connectivity index (χ4n) is 13.8. The molecule has 0 N–H and O–H groups in total. The molecule has 2 aromatic heterocycles. The first-order chi connectivity index (χ1) is 37.0. The van der Waals surface area contributed by atoms with Crippen LogP contribution in [0.15, 0.2) is 179 Å². The van der Waals surface area contributed by atoms with Gasteiger partial charge in [-0.3, -0.25) is 0 Å². The smallest absolute Gasteiger partial charge is 0.159 e. The second kappa shape index (κ2) is 18.0. The van der Waals surface area contributed by atoms with Gasteiger partial charge in [0, 0.05) is 54.8 Å². The maximum absolute atomic E-state index is 7.19. The summed E-state index contributed by atoms with van der Waals surface area (Å²) in [5.74, 6) is 1.23. The normalized spacial score (nSPS) is 15.4. The monoisotopic (exact) mass is 993 g/mol. The Morgan fingerprint density at radius 1 is 0.329 bits per heavy atom. The fraction of sp³-hybridized carbons (Fsp3) is 0.278. The minimum absolute atomic E-state index is 0.0878. The van der Waals surface area contributed by atoms with Gasteiger partial charge in [0.15, 0.2) is 11.2 Å². The maximum Gasteiger partial charge on any atom is 0.159 e. The number of anilines is 6. The Balaban J connectivity index is 0.996. The van der Waals surface area contributed by atoms with E-state index in [-0.39, 0.29) is 10.8 Å². The molecule has 4 nitrogen and oxygen atoms in total. The lowest BCUT2D eigenvalue weighted by molar-refractivity contribution is 0.443. The zero-order valence-electron chi connectivity index (χ0n) is 45.1. The summed E-state index contributed by atoms with van der Waals surface area (Å²) in [4.78, 5) is 4.96. The van der Waals surface area contributed by atoms with Crippen molar-refractivity contribution in [3.63, 3.8) is 0 Å². The Morgan fingerprint density at radius 3 is 1.07 bits per heavy atom. The van der Waals surface area contributed by atoms with E-state index in [4.69, 9.17) is 8.83 Å². The summed E-state index contributed by atoms with van der Waals surface area (Å²) in [6.07, 6.45) is 13.0. The number of hydrogen-bond acceptors (Lipinski definition) is 4. The zero-order valence-corrected chi connectivity index (χ0v) is 45.1. The molecular formula is C72H68N2O2. The Kier molecular flexibility index (Phi) is 11.1. The average molecular weight is 993 g/mol. The molecule has 0 unspecified atom stereocenters. The van der Waals surface area contributed by atoms with Gasteiger partial charge >= 0.3 is 0 Å². The molecule has 10 aromatic carbocycles. The molecule has 2 saturated carbocycles. The van der Waals surface area contributed by atoms with E-state index < -0.39 is 0 Å². The highest BCUT2D eigenvalue weighted by Crippen LogP contribution is 2.52. The van der Waals surface area contributed by atoms with Gasteiger partial charge in [-0.15, -0.1) is 0 Å². The molecule has 378 valence electrons. The maximum atomic E-state index is 7.19. The highest BCUT2D eigenvalue weighted by atomic mass is 16.3. The molecule has 14 rings (SSSR count). The molecular weight excluding hydrogens is 925 g/mol. The third-order valence-corrected chi connectivity index (χ3v) is 17.7. The van der Waals surface area contributed by atoms with E-state index in [1.165, 1.54) is 119 Å². The summed E-state index contributed by atoms with van der Waals surface area (Å²) < 4.78 is 14.4. The lowest BCUT2D eigenvalue weighted by Crippen LogP contribution is -2.12. The van der Waals surface area contributed by atoms with Crippen LogP contribution in [0.4, 0.5) is 34.1 Å². The van der Waals surface area contributed by atoms with Crippen molar-refractivity contribution in [1.29, 1.82) is 0 Å². The van der Waals surface area contributed by atoms with Crippen molar-refractivity contribution in [2.45, 2.75) is 128 Å². The van der Waals surface area contributed by atoms with Crippen LogP contribution in [-0.4, -0.2) is 0 Å². The molecule has 0 atom stereocenters. The lowest BCUT2D eigenvalue weighted by atomic mass is 9.84. The van der Waals surface area contributed by atoms with E-state index in [0.717, 1.165) is 78.0 Å². The first kappa shape index (κ1) is 46.9. The van der Waals surface area contributed by atoms with Gasteiger partial charge in [0.2, 0.25) is 0 Å². The summed E-state index contributed by atoms with van der Waals surface area (Å²) >= 11 is 0. The quantitative estimate of drug-likeness (QED) is 0.142. The van der Waals surface area contributed by atoms with Crippen molar-refractivity contribution in [2.75, 3.05) is 9.80 Å². The van der Waals surface area contributed by atoms with Gasteiger partial charge in [0.1, 0.15) is 11.2 Å². The number of rotatable bonds is 8. The van der Waals surface area contributed by atoms with Crippen LogP contribution in [0.2, 0.25) is 0 Å². The number of para-hydroxylation sites is 4. The molecule has 2 fully saturated rings. The summed E-state index contributed by atoms with van der Waals surface area (Å²) in [5, 5.41) is 11.9. The topological polar surface area (TPSA) is 32.8 Å². The van der Waals surface area contributed by atoms with Crippen LogP contribution in [0.3, 0.4) is 0 Å². The van der Waals surface area contributed by atoms with Gasteiger partial charge in [-0.2, -0.15) is 0 Å². The predicted octanol–water partition coefficient (Wildman–Crippen LogP) is 22.0. The van der Waals surface area contributed by atoms with Gasteiger partial charge < -0.3 is 18.6 Å². The minimum atomic E-state index is -0.0878. The number of fused-ring (bicyclic) bond motifs is 6. The number of benzene rings is 10. The van der Waals surface area contributed by atoms with E-state index in [1.807, 2.05) is 0 Å². The number of furan rings is 2. The van der Waals surface area contributed by atoms with Crippen molar-refractivity contribution < 1.29 is 8.83 Å². The van der Waals surface area contributed by atoms with Gasteiger partial charge in [0.25, 0.3) is 0 Å². The third-order valence-electron chi connectivity index (χ3n) is 17.7.